The van der Waals surface area contributed by atoms with Crippen LogP contribution in [0, 0.1) is 5.41 Å². The largest absolute Gasteiger partial charge is 0.462 e. The maximum atomic E-state index is 11.9. The Balaban J connectivity index is 1.67. The van der Waals surface area contributed by atoms with Crippen molar-refractivity contribution in [2.75, 3.05) is 6.61 Å². The molecule has 2 saturated carbocycles. The van der Waals surface area contributed by atoms with Gasteiger partial charge in [0.05, 0.1) is 6.10 Å². The van der Waals surface area contributed by atoms with Gasteiger partial charge in [-0.15, -0.1) is 0 Å². The standard InChI is InChI=1S/C17H29NO4/c1-4-21-13-11-14(17(13)9-6-10-17)22-16(20)8-5-7-15(19)18-12(2)3/h12-14H,4-11H2,1-3H3,(H,18,19). The molecule has 22 heavy (non-hydrogen) atoms. The maximum Gasteiger partial charge on any atom is 0.306 e. The molecule has 0 aromatic heterocycles. The van der Waals surface area contributed by atoms with Gasteiger partial charge < -0.3 is 14.8 Å². The lowest BCUT2D eigenvalue weighted by Crippen LogP contribution is -2.63. The van der Waals surface area contributed by atoms with Crippen LogP contribution in [0.5, 0.6) is 0 Å². The molecule has 0 aromatic carbocycles. The summed E-state index contributed by atoms with van der Waals surface area (Å²) in [7, 11) is 0. The molecule has 2 atom stereocenters. The van der Waals surface area contributed by atoms with Crippen molar-refractivity contribution in [1.82, 2.24) is 5.32 Å². The van der Waals surface area contributed by atoms with Crippen LogP contribution in [0.15, 0.2) is 0 Å². The van der Waals surface area contributed by atoms with Crippen molar-refractivity contribution >= 4 is 11.9 Å². The first-order chi connectivity index (χ1) is 10.5. The Morgan fingerprint density at radius 2 is 1.95 bits per heavy atom. The number of hydrogen-bond acceptors (Lipinski definition) is 4. The molecule has 126 valence electrons. The number of carbonyl (C=O) groups is 2. The molecule has 2 rings (SSSR count). The van der Waals surface area contributed by atoms with Crippen molar-refractivity contribution in [3.63, 3.8) is 0 Å². The van der Waals surface area contributed by atoms with Gasteiger partial charge in [-0.05, 0) is 40.0 Å². The monoisotopic (exact) mass is 311 g/mol. The second-order valence-electron chi connectivity index (χ2n) is 6.82. The molecule has 0 aliphatic heterocycles. The molecule has 0 heterocycles. The van der Waals surface area contributed by atoms with Gasteiger partial charge in [-0.25, -0.2) is 0 Å². The lowest BCUT2D eigenvalue weighted by atomic mass is 9.52. The molecule has 2 aliphatic rings. The van der Waals surface area contributed by atoms with E-state index >= 15 is 0 Å². The summed E-state index contributed by atoms with van der Waals surface area (Å²) in [4.78, 5) is 23.5. The summed E-state index contributed by atoms with van der Waals surface area (Å²) < 4.78 is 11.4. The minimum absolute atomic E-state index is 0.00156. The average Bonchev–Trinajstić information content (AvgIpc) is 2.34. The molecule has 5 heteroatoms. The number of nitrogens with one attached hydrogen (secondary N) is 1. The molecule has 5 nitrogen and oxygen atoms in total. The quantitative estimate of drug-likeness (QED) is 0.700. The third-order valence-electron chi connectivity index (χ3n) is 4.87. The number of rotatable bonds is 8. The van der Waals surface area contributed by atoms with Crippen LogP contribution < -0.4 is 5.32 Å². The second kappa shape index (κ2) is 7.44. The van der Waals surface area contributed by atoms with Gasteiger partial charge in [-0.3, -0.25) is 9.59 Å². The van der Waals surface area contributed by atoms with E-state index in [1.165, 1.54) is 6.42 Å². The highest BCUT2D eigenvalue weighted by atomic mass is 16.6. The number of ether oxygens (including phenoxy) is 2. The van der Waals surface area contributed by atoms with Gasteiger partial charge in [0, 0.05) is 37.3 Å². The lowest BCUT2D eigenvalue weighted by molar-refractivity contribution is -0.238. The summed E-state index contributed by atoms with van der Waals surface area (Å²) in [5.74, 6) is -0.179. The maximum absolute atomic E-state index is 11.9. The van der Waals surface area contributed by atoms with E-state index in [4.69, 9.17) is 9.47 Å². The van der Waals surface area contributed by atoms with Gasteiger partial charge in [0.2, 0.25) is 5.91 Å². The van der Waals surface area contributed by atoms with E-state index in [0.717, 1.165) is 25.9 Å². The Bertz CT molecular complexity index is 403. The zero-order chi connectivity index (χ0) is 16.2. The molecule has 2 unspecified atom stereocenters. The summed E-state index contributed by atoms with van der Waals surface area (Å²) in [6, 6.07) is 0.142. The molecule has 0 aromatic rings. The smallest absolute Gasteiger partial charge is 0.306 e. The van der Waals surface area contributed by atoms with Crippen molar-refractivity contribution in [2.45, 2.75) is 84.0 Å². The first kappa shape index (κ1) is 17.3. The van der Waals surface area contributed by atoms with Crippen LogP contribution in [0.25, 0.3) is 0 Å². The minimum atomic E-state index is -0.177. The zero-order valence-electron chi connectivity index (χ0n) is 14.0. The van der Waals surface area contributed by atoms with Gasteiger partial charge in [-0.1, -0.05) is 6.42 Å². The minimum Gasteiger partial charge on any atom is -0.462 e. The number of amides is 1. The summed E-state index contributed by atoms with van der Waals surface area (Å²) in [6.07, 6.45) is 5.77. The van der Waals surface area contributed by atoms with Crippen molar-refractivity contribution in [2.24, 2.45) is 5.41 Å². The van der Waals surface area contributed by atoms with E-state index in [0.29, 0.717) is 19.3 Å². The van der Waals surface area contributed by atoms with Crippen molar-refractivity contribution in [1.29, 1.82) is 0 Å². The van der Waals surface area contributed by atoms with Crippen molar-refractivity contribution in [3.05, 3.63) is 0 Å². The van der Waals surface area contributed by atoms with Crippen molar-refractivity contribution < 1.29 is 19.1 Å². The van der Waals surface area contributed by atoms with Crippen LogP contribution in [0.1, 0.15) is 65.7 Å². The Morgan fingerprint density at radius 3 is 2.50 bits per heavy atom. The number of esters is 1. The molecular formula is C17H29NO4. The van der Waals surface area contributed by atoms with Gasteiger partial charge in [0.1, 0.15) is 6.10 Å². The summed E-state index contributed by atoms with van der Waals surface area (Å²) in [6.45, 7) is 6.58. The van der Waals surface area contributed by atoms with E-state index in [9.17, 15) is 9.59 Å². The molecule has 1 spiro atoms. The molecular weight excluding hydrogens is 282 g/mol. The molecule has 1 amide bonds. The zero-order valence-corrected chi connectivity index (χ0v) is 14.0. The van der Waals surface area contributed by atoms with Crippen LogP contribution in [0.3, 0.4) is 0 Å². The Hall–Kier alpha value is -1.10. The molecule has 0 saturated heterocycles. The van der Waals surface area contributed by atoms with Gasteiger partial charge in [-0.2, -0.15) is 0 Å². The normalized spacial score (nSPS) is 25.5. The van der Waals surface area contributed by atoms with E-state index in [1.54, 1.807) is 0 Å². The molecule has 0 bridgehead atoms. The first-order valence-electron chi connectivity index (χ1n) is 8.58. The molecule has 1 N–H and O–H groups in total. The summed E-state index contributed by atoms with van der Waals surface area (Å²) >= 11 is 0. The van der Waals surface area contributed by atoms with Crippen LogP contribution >= 0.6 is 0 Å². The predicted molar refractivity (Wildman–Crippen MR) is 83.3 cm³/mol. The van der Waals surface area contributed by atoms with E-state index in [-0.39, 0.29) is 35.5 Å². The highest BCUT2D eigenvalue weighted by molar-refractivity contribution is 5.77. The number of carbonyl (C=O) groups excluding carboxylic acids is 2. The van der Waals surface area contributed by atoms with Crippen LogP contribution in [0.4, 0.5) is 0 Å². The fourth-order valence-corrected chi connectivity index (χ4v) is 3.55. The lowest BCUT2D eigenvalue weighted by Gasteiger charge is -2.59. The highest BCUT2D eigenvalue weighted by Gasteiger charge is 2.60. The Labute approximate surface area is 133 Å². The second-order valence-corrected chi connectivity index (χ2v) is 6.82. The summed E-state index contributed by atoms with van der Waals surface area (Å²) in [5.41, 5.74) is 0.0979. The van der Waals surface area contributed by atoms with Crippen molar-refractivity contribution in [3.8, 4) is 0 Å². The Morgan fingerprint density at radius 1 is 1.23 bits per heavy atom. The Kier molecular flexibility index (Phi) is 5.84. The van der Waals surface area contributed by atoms with E-state index in [2.05, 4.69) is 5.32 Å². The fraction of sp³-hybridized carbons (Fsp3) is 0.882. The van der Waals surface area contributed by atoms with E-state index in [1.807, 2.05) is 20.8 Å². The third kappa shape index (κ3) is 3.80. The van der Waals surface area contributed by atoms with E-state index < -0.39 is 0 Å². The average molecular weight is 311 g/mol. The van der Waals surface area contributed by atoms with Crippen LogP contribution in [0.2, 0.25) is 0 Å². The topological polar surface area (TPSA) is 64.6 Å². The predicted octanol–water partition coefficient (Wildman–Crippen LogP) is 2.57. The van der Waals surface area contributed by atoms with Gasteiger partial charge in [0.25, 0.3) is 0 Å². The van der Waals surface area contributed by atoms with Crippen LogP contribution in [-0.4, -0.2) is 36.7 Å². The fourth-order valence-electron chi connectivity index (χ4n) is 3.55. The molecule has 0 radical (unpaired) electrons. The van der Waals surface area contributed by atoms with Gasteiger partial charge >= 0.3 is 5.97 Å². The molecule has 2 aliphatic carbocycles. The van der Waals surface area contributed by atoms with Crippen LogP contribution in [-0.2, 0) is 19.1 Å². The summed E-state index contributed by atoms with van der Waals surface area (Å²) in [5, 5.41) is 2.82. The third-order valence-corrected chi connectivity index (χ3v) is 4.87. The first-order valence-corrected chi connectivity index (χ1v) is 8.58. The molecule has 2 fully saturated rings. The van der Waals surface area contributed by atoms with Gasteiger partial charge in [0.15, 0.2) is 0 Å². The SMILES string of the molecule is CCOC1CC(OC(=O)CCCC(=O)NC(C)C)C12CCC2. The number of hydrogen-bond donors (Lipinski definition) is 1. The highest BCUT2D eigenvalue weighted by Crippen LogP contribution is 2.58.